The van der Waals surface area contributed by atoms with Crippen molar-refractivity contribution in [1.29, 1.82) is 0 Å². The molecule has 2 amide bonds. The lowest BCUT2D eigenvalue weighted by Crippen LogP contribution is -2.43. The van der Waals surface area contributed by atoms with Crippen LogP contribution in [0.15, 0.2) is 29.6 Å². The summed E-state index contributed by atoms with van der Waals surface area (Å²) in [4.78, 5) is 30.9. The first-order valence-corrected chi connectivity index (χ1v) is 9.94. The molecule has 2 heterocycles. The van der Waals surface area contributed by atoms with E-state index in [9.17, 15) is 9.59 Å². The van der Waals surface area contributed by atoms with Gasteiger partial charge in [-0.1, -0.05) is 26.0 Å². The highest BCUT2D eigenvalue weighted by Crippen LogP contribution is 2.24. The van der Waals surface area contributed by atoms with E-state index in [2.05, 4.69) is 10.3 Å². The second-order valence-corrected chi connectivity index (χ2v) is 8.13. The number of piperidine rings is 1. The molecule has 3 rings (SSSR count). The van der Waals surface area contributed by atoms with E-state index in [0.717, 1.165) is 34.8 Å². The minimum atomic E-state index is -0.0351. The molecule has 0 unspecified atom stereocenters. The van der Waals surface area contributed by atoms with E-state index in [0.29, 0.717) is 13.1 Å². The number of rotatable bonds is 4. The average Bonchev–Trinajstić information content (AvgIpc) is 3.08. The second-order valence-electron chi connectivity index (χ2n) is 7.07. The number of hydrogen-bond donors (Lipinski definition) is 1. The number of nitrogens with zero attached hydrogens (tertiary/aromatic N) is 2. The number of amides is 2. The molecule has 0 spiro atoms. The van der Waals surface area contributed by atoms with Crippen molar-refractivity contribution in [2.24, 2.45) is 11.8 Å². The van der Waals surface area contributed by atoms with Crippen molar-refractivity contribution in [3.8, 4) is 11.3 Å². The van der Waals surface area contributed by atoms with Crippen LogP contribution in [0.25, 0.3) is 11.3 Å². The van der Waals surface area contributed by atoms with Gasteiger partial charge < -0.3 is 10.2 Å². The van der Waals surface area contributed by atoms with Gasteiger partial charge >= 0.3 is 0 Å². The smallest absolute Gasteiger partial charge is 0.227 e. The van der Waals surface area contributed by atoms with Crippen LogP contribution in [0.5, 0.6) is 0 Å². The maximum absolute atomic E-state index is 12.5. The van der Waals surface area contributed by atoms with E-state index in [4.69, 9.17) is 0 Å². The monoisotopic (exact) mass is 371 g/mol. The molecule has 5 nitrogen and oxygen atoms in total. The minimum absolute atomic E-state index is 0.0143. The van der Waals surface area contributed by atoms with Crippen LogP contribution in [-0.4, -0.2) is 34.8 Å². The maximum atomic E-state index is 12.5. The summed E-state index contributed by atoms with van der Waals surface area (Å²) >= 11 is 1.63. The molecule has 0 saturated carbocycles. The number of aromatic nitrogens is 1. The number of anilines is 1. The summed E-state index contributed by atoms with van der Waals surface area (Å²) in [5.74, 6) is 0.197. The van der Waals surface area contributed by atoms with Crippen LogP contribution in [0.4, 0.5) is 5.69 Å². The molecule has 138 valence electrons. The highest BCUT2D eigenvalue weighted by atomic mass is 32.1. The van der Waals surface area contributed by atoms with E-state index in [1.165, 1.54) is 0 Å². The first-order chi connectivity index (χ1) is 12.4. The number of carbonyl (C=O) groups is 2. The quantitative estimate of drug-likeness (QED) is 0.885. The third-order valence-corrected chi connectivity index (χ3v) is 5.51. The van der Waals surface area contributed by atoms with Crippen molar-refractivity contribution in [2.75, 3.05) is 18.4 Å². The van der Waals surface area contributed by atoms with Gasteiger partial charge in [-0.05, 0) is 31.9 Å². The molecule has 1 fully saturated rings. The van der Waals surface area contributed by atoms with Crippen LogP contribution in [-0.2, 0) is 9.59 Å². The Bertz CT molecular complexity index is 775. The molecule has 1 aliphatic heterocycles. The van der Waals surface area contributed by atoms with Gasteiger partial charge in [0.25, 0.3) is 0 Å². The molecular weight excluding hydrogens is 346 g/mol. The fraction of sp³-hybridized carbons (Fsp3) is 0.450. The number of likely N-dealkylation sites (tertiary alicyclic amines) is 1. The topological polar surface area (TPSA) is 62.3 Å². The summed E-state index contributed by atoms with van der Waals surface area (Å²) < 4.78 is 0. The van der Waals surface area contributed by atoms with Crippen molar-refractivity contribution in [3.05, 3.63) is 34.7 Å². The Kier molecular flexibility index (Phi) is 5.71. The van der Waals surface area contributed by atoms with Gasteiger partial charge in [-0.15, -0.1) is 11.3 Å². The molecule has 1 saturated heterocycles. The van der Waals surface area contributed by atoms with Gasteiger partial charge in [-0.2, -0.15) is 0 Å². The minimum Gasteiger partial charge on any atom is -0.342 e. The van der Waals surface area contributed by atoms with Crippen molar-refractivity contribution in [1.82, 2.24) is 9.88 Å². The fourth-order valence-corrected chi connectivity index (χ4v) is 3.81. The SMILES string of the molecule is Cc1nc(-c2ccc(NC(=O)C3CCN(C(=O)C(C)C)CC3)cc2)cs1. The van der Waals surface area contributed by atoms with Gasteiger partial charge in [0.15, 0.2) is 0 Å². The number of benzene rings is 1. The Balaban J connectivity index is 1.55. The molecular formula is C20H25N3O2S. The number of nitrogens with one attached hydrogen (secondary N) is 1. The van der Waals surface area contributed by atoms with Crippen molar-refractivity contribution < 1.29 is 9.59 Å². The second kappa shape index (κ2) is 7.99. The van der Waals surface area contributed by atoms with Crippen LogP contribution >= 0.6 is 11.3 Å². The zero-order chi connectivity index (χ0) is 18.7. The Morgan fingerprint density at radius 3 is 2.38 bits per heavy atom. The van der Waals surface area contributed by atoms with Crippen molar-refractivity contribution in [2.45, 2.75) is 33.6 Å². The van der Waals surface area contributed by atoms with Gasteiger partial charge in [-0.25, -0.2) is 4.98 Å². The van der Waals surface area contributed by atoms with Gasteiger partial charge in [0.1, 0.15) is 0 Å². The average molecular weight is 372 g/mol. The third-order valence-electron chi connectivity index (χ3n) is 4.74. The molecule has 6 heteroatoms. The number of carbonyl (C=O) groups excluding carboxylic acids is 2. The highest BCUT2D eigenvalue weighted by molar-refractivity contribution is 7.09. The Morgan fingerprint density at radius 1 is 1.19 bits per heavy atom. The molecule has 1 aromatic carbocycles. The standard InChI is InChI=1S/C20H25N3O2S/c1-13(2)20(25)23-10-8-16(9-11-23)19(24)22-17-6-4-15(5-7-17)18-12-26-14(3)21-18/h4-7,12-13,16H,8-11H2,1-3H3,(H,22,24). The number of aryl methyl sites for hydroxylation is 1. The molecule has 0 aliphatic carbocycles. The molecule has 1 N–H and O–H groups in total. The van der Waals surface area contributed by atoms with Crippen LogP contribution in [0, 0.1) is 18.8 Å². The number of hydrogen-bond acceptors (Lipinski definition) is 4. The summed E-state index contributed by atoms with van der Waals surface area (Å²) in [6.07, 6.45) is 1.45. The molecule has 1 aliphatic rings. The Hall–Kier alpha value is -2.21. The van der Waals surface area contributed by atoms with E-state index in [1.54, 1.807) is 11.3 Å². The first kappa shape index (κ1) is 18.6. The summed E-state index contributed by atoms with van der Waals surface area (Å²) in [6.45, 7) is 7.15. The molecule has 0 bridgehead atoms. The van der Waals surface area contributed by atoms with E-state index in [-0.39, 0.29) is 23.7 Å². The largest absolute Gasteiger partial charge is 0.342 e. The molecule has 0 atom stereocenters. The normalized spacial score (nSPS) is 15.3. The van der Waals surface area contributed by atoms with Crippen molar-refractivity contribution in [3.63, 3.8) is 0 Å². The molecule has 2 aromatic rings. The van der Waals surface area contributed by atoms with E-state index < -0.39 is 0 Å². The zero-order valence-corrected chi connectivity index (χ0v) is 16.3. The lowest BCUT2D eigenvalue weighted by Gasteiger charge is -2.32. The van der Waals surface area contributed by atoms with Gasteiger partial charge in [0.05, 0.1) is 10.7 Å². The highest BCUT2D eigenvalue weighted by Gasteiger charge is 2.28. The van der Waals surface area contributed by atoms with Crippen LogP contribution in [0.3, 0.4) is 0 Å². The lowest BCUT2D eigenvalue weighted by atomic mass is 9.95. The maximum Gasteiger partial charge on any atom is 0.227 e. The number of thiazole rings is 1. The molecule has 26 heavy (non-hydrogen) atoms. The van der Waals surface area contributed by atoms with Crippen LogP contribution < -0.4 is 5.32 Å². The van der Waals surface area contributed by atoms with E-state index in [1.807, 2.05) is 55.3 Å². The van der Waals surface area contributed by atoms with Gasteiger partial charge in [0, 0.05) is 41.6 Å². The Morgan fingerprint density at radius 2 is 1.85 bits per heavy atom. The third kappa shape index (κ3) is 4.30. The van der Waals surface area contributed by atoms with E-state index >= 15 is 0 Å². The molecule has 0 radical (unpaired) electrons. The summed E-state index contributed by atoms with van der Waals surface area (Å²) in [7, 11) is 0. The Labute approximate surface area is 158 Å². The predicted octanol–water partition coefficient (Wildman–Crippen LogP) is 3.95. The molecule has 1 aromatic heterocycles. The summed E-state index contributed by atoms with van der Waals surface area (Å²) in [6, 6.07) is 7.79. The lowest BCUT2D eigenvalue weighted by molar-refractivity contribution is -0.137. The van der Waals surface area contributed by atoms with Crippen LogP contribution in [0.2, 0.25) is 0 Å². The van der Waals surface area contributed by atoms with Crippen molar-refractivity contribution >= 4 is 28.8 Å². The van der Waals surface area contributed by atoms with Crippen LogP contribution in [0.1, 0.15) is 31.7 Å². The zero-order valence-electron chi connectivity index (χ0n) is 15.5. The van der Waals surface area contributed by atoms with Gasteiger partial charge in [0.2, 0.25) is 11.8 Å². The summed E-state index contributed by atoms with van der Waals surface area (Å²) in [5.41, 5.74) is 2.81. The fourth-order valence-electron chi connectivity index (χ4n) is 3.19. The summed E-state index contributed by atoms with van der Waals surface area (Å²) in [5, 5.41) is 6.08. The first-order valence-electron chi connectivity index (χ1n) is 9.06. The predicted molar refractivity (Wildman–Crippen MR) is 105 cm³/mol. The van der Waals surface area contributed by atoms with Gasteiger partial charge in [-0.3, -0.25) is 9.59 Å².